The molecule has 1 aliphatic rings. The van der Waals surface area contributed by atoms with Gasteiger partial charge in [0.05, 0.1) is 0 Å². The van der Waals surface area contributed by atoms with E-state index in [1.165, 1.54) is 25.7 Å². The molecule has 19 heavy (non-hydrogen) atoms. The average molecular weight is 263 g/mol. The van der Waals surface area contributed by atoms with E-state index in [0.29, 0.717) is 11.7 Å². The lowest BCUT2D eigenvalue weighted by molar-refractivity contribution is 0.175. The third-order valence-corrected chi connectivity index (χ3v) is 3.48. The minimum atomic E-state index is -0.114. The van der Waals surface area contributed by atoms with Crippen molar-refractivity contribution in [1.29, 1.82) is 0 Å². The van der Waals surface area contributed by atoms with Crippen molar-refractivity contribution in [2.45, 2.75) is 70.8 Å². The number of nitrogens with zero attached hydrogens (tertiary/aromatic N) is 2. The van der Waals surface area contributed by atoms with Crippen molar-refractivity contribution in [1.82, 2.24) is 9.97 Å². The maximum Gasteiger partial charge on any atom is 0.219 e. The van der Waals surface area contributed by atoms with Crippen LogP contribution in [0.5, 0.6) is 5.88 Å². The van der Waals surface area contributed by atoms with Gasteiger partial charge in [-0.15, -0.1) is 0 Å². The van der Waals surface area contributed by atoms with Crippen molar-refractivity contribution < 1.29 is 4.74 Å². The highest BCUT2D eigenvalue weighted by molar-refractivity contribution is 5.34. The molecule has 2 rings (SSSR count). The first-order chi connectivity index (χ1) is 8.95. The zero-order valence-corrected chi connectivity index (χ0v) is 12.3. The first-order valence-electron chi connectivity index (χ1n) is 7.27. The summed E-state index contributed by atoms with van der Waals surface area (Å²) in [7, 11) is 0. The summed E-state index contributed by atoms with van der Waals surface area (Å²) in [6, 6.07) is 1.74. The molecule has 0 saturated heterocycles. The fourth-order valence-electron chi connectivity index (χ4n) is 2.37. The van der Waals surface area contributed by atoms with E-state index in [9.17, 15) is 0 Å². The Morgan fingerprint density at radius 3 is 2.32 bits per heavy atom. The van der Waals surface area contributed by atoms with Crippen molar-refractivity contribution >= 4 is 5.82 Å². The average Bonchev–Trinajstić information content (AvgIpc) is 2.55. The third kappa shape index (κ3) is 4.08. The SMILES string of the molecule is CC(C)(C)c1nc(N)cc(OC2CCCCCC2)n1. The smallest absolute Gasteiger partial charge is 0.219 e. The Hall–Kier alpha value is -1.32. The van der Waals surface area contributed by atoms with Crippen molar-refractivity contribution in [2.75, 3.05) is 5.73 Å². The van der Waals surface area contributed by atoms with Gasteiger partial charge in [0.25, 0.3) is 0 Å². The van der Waals surface area contributed by atoms with Crippen LogP contribution in [0.2, 0.25) is 0 Å². The molecule has 4 heteroatoms. The number of hydrogen-bond donors (Lipinski definition) is 1. The van der Waals surface area contributed by atoms with E-state index in [4.69, 9.17) is 10.5 Å². The van der Waals surface area contributed by atoms with Crippen LogP contribution in [0.1, 0.15) is 65.1 Å². The van der Waals surface area contributed by atoms with Crippen LogP contribution in [0.3, 0.4) is 0 Å². The molecule has 1 aromatic rings. The van der Waals surface area contributed by atoms with Gasteiger partial charge < -0.3 is 10.5 Å². The molecule has 1 aromatic heterocycles. The fraction of sp³-hybridized carbons (Fsp3) is 0.733. The van der Waals surface area contributed by atoms with Gasteiger partial charge in [0.2, 0.25) is 5.88 Å². The first kappa shape index (κ1) is 14.1. The van der Waals surface area contributed by atoms with Crippen molar-refractivity contribution in [3.05, 3.63) is 11.9 Å². The number of ether oxygens (including phenoxy) is 1. The number of anilines is 1. The van der Waals surface area contributed by atoms with Gasteiger partial charge in [0.15, 0.2) is 0 Å². The molecule has 1 aliphatic carbocycles. The van der Waals surface area contributed by atoms with Gasteiger partial charge in [0.1, 0.15) is 17.7 Å². The Balaban J connectivity index is 2.13. The van der Waals surface area contributed by atoms with E-state index in [0.717, 1.165) is 18.7 Å². The second-order valence-electron chi connectivity index (χ2n) is 6.44. The lowest BCUT2D eigenvalue weighted by atomic mass is 9.96. The first-order valence-corrected chi connectivity index (χ1v) is 7.27. The molecule has 1 saturated carbocycles. The normalized spacial score (nSPS) is 18.1. The molecule has 0 bridgehead atoms. The van der Waals surface area contributed by atoms with Gasteiger partial charge in [-0.1, -0.05) is 33.6 Å². The zero-order chi connectivity index (χ0) is 13.9. The molecule has 0 unspecified atom stereocenters. The van der Waals surface area contributed by atoms with Crippen LogP contribution in [0, 0.1) is 0 Å². The van der Waals surface area contributed by atoms with Gasteiger partial charge in [0, 0.05) is 11.5 Å². The molecule has 0 radical (unpaired) electrons. The maximum absolute atomic E-state index is 6.02. The molecule has 4 nitrogen and oxygen atoms in total. The number of aromatic nitrogens is 2. The van der Waals surface area contributed by atoms with E-state index in [-0.39, 0.29) is 11.5 Å². The van der Waals surface area contributed by atoms with Crippen LogP contribution in [0.15, 0.2) is 6.07 Å². The van der Waals surface area contributed by atoms with Gasteiger partial charge in [-0.25, -0.2) is 4.98 Å². The molecular formula is C15H25N3O. The lowest BCUT2D eigenvalue weighted by Gasteiger charge is -2.20. The number of rotatable bonds is 2. The summed E-state index contributed by atoms with van der Waals surface area (Å²) in [6.45, 7) is 6.24. The minimum absolute atomic E-state index is 0.114. The molecular weight excluding hydrogens is 238 g/mol. The van der Waals surface area contributed by atoms with Gasteiger partial charge >= 0.3 is 0 Å². The zero-order valence-electron chi connectivity index (χ0n) is 12.3. The van der Waals surface area contributed by atoms with E-state index in [2.05, 4.69) is 30.7 Å². The van der Waals surface area contributed by atoms with Crippen molar-refractivity contribution in [2.24, 2.45) is 0 Å². The molecule has 0 aromatic carbocycles. The second-order valence-corrected chi connectivity index (χ2v) is 6.44. The largest absolute Gasteiger partial charge is 0.474 e. The highest BCUT2D eigenvalue weighted by Crippen LogP contribution is 2.25. The summed E-state index contributed by atoms with van der Waals surface area (Å²) in [5.41, 5.74) is 5.75. The lowest BCUT2D eigenvalue weighted by Crippen LogP contribution is -2.20. The topological polar surface area (TPSA) is 61.0 Å². The Bertz CT molecular complexity index is 418. The predicted octanol–water partition coefficient (Wildman–Crippen LogP) is 3.46. The summed E-state index contributed by atoms with van der Waals surface area (Å²) < 4.78 is 6.02. The van der Waals surface area contributed by atoms with Crippen LogP contribution in [-0.4, -0.2) is 16.1 Å². The Morgan fingerprint density at radius 1 is 1.11 bits per heavy atom. The molecule has 2 N–H and O–H groups in total. The molecule has 0 spiro atoms. The van der Waals surface area contributed by atoms with E-state index in [1.54, 1.807) is 6.07 Å². The number of hydrogen-bond acceptors (Lipinski definition) is 4. The molecule has 106 valence electrons. The van der Waals surface area contributed by atoms with Crippen LogP contribution in [0.4, 0.5) is 5.82 Å². The fourth-order valence-corrected chi connectivity index (χ4v) is 2.37. The molecule has 0 atom stereocenters. The molecule has 0 amide bonds. The Labute approximate surface area is 115 Å². The van der Waals surface area contributed by atoms with Gasteiger partial charge in [-0.05, 0) is 25.7 Å². The standard InChI is InChI=1S/C15H25N3O/c1-15(2,3)14-17-12(16)10-13(18-14)19-11-8-6-4-5-7-9-11/h10-11H,4-9H2,1-3H3,(H2,16,17,18). The predicted molar refractivity (Wildman–Crippen MR) is 77.3 cm³/mol. The van der Waals surface area contributed by atoms with Crippen LogP contribution in [0.25, 0.3) is 0 Å². The van der Waals surface area contributed by atoms with Gasteiger partial charge in [-0.3, -0.25) is 0 Å². The highest BCUT2D eigenvalue weighted by atomic mass is 16.5. The Morgan fingerprint density at radius 2 is 1.74 bits per heavy atom. The van der Waals surface area contributed by atoms with Crippen molar-refractivity contribution in [3.8, 4) is 5.88 Å². The van der Waals surface area contributed by atoms with E-state index < -0.39 is 0 Å². The monoisotopic (exact) mass is 263 g/mol. The summed E-state index contributed by atoms with van der Waals surface area (Å²) in [5, 5.41) is 0. The summed E-state index contributed by atoms with van der Waals surface area (Å²) in [6.07, 6.45) is 7.65. The summed E-state index contributed by atoms with van der Waals surface area (Å²) >= 11 is 0. The second kappa shape index (κ2) is 5.76. The van der Waals surface area contributed by atoms with Crippen molar-refractivity contribution in [3.63, 3.8) is 0 Å². The van der Waals surface area contributed by atoms with Crippen LogP contribution >= 0.6 is 0 Å². The quantitative estimate of drug-likeness (QED) is 0.830. The maximum atomic E-state index is 6.02. The van der Waals surface area contributed by atoms with E-state index in [1.807, 2.05) is 0 Å². The summed E-state index contributed by atoms with van der Waals surface area (Å²) in [4.78, 5) is 8.82. The van der Waals surface area contributed by atoms with Gasteiger partial charge in [-0.2, -0.15) is 4.98 Å². The number of nitrogens with two attached hydrogens (primary N) is 1. The van der Waals surface area contributed by atoms with Crippen LogP contribution in [-0.2, 0) is 5.41 Å². The molecule has 1 fully saturated rings. The highest BCUT2D eigenvalue weighted by Gasteiger charge is 2.20. The number of nitrogen functional groups attached to an aromatic ring is 1. The van der Waals surface area contributed by atoms with E-state index >= 15 is 0 Å². The Kier molecular flexibility index (Phi) is 4.27. The molecule has 1 heterocycles. The van der Waals surface area contributed by atoms with Crippen LogP contribution < -0.4 is 10.5 Å². The third-order valence-electron chi connectivity index (χ3n) is 3.48. The minimum Gasteiger partial charge on any atom is -0.474 e. The summed E-state index contributed by atoms with van der Waals surface area (Å²) in [5.74, 6) is 1.86. The molecule has 0 aliphatic heterocycles.